The van der Waals surface area contributed by atoms with Crippen LogP contribution in [0.25, 0.3) is 11.3 Å². The largest absolute Gasteiger partial charge is 0.486 e. The summed E-state index contributed by atoms with van der Waals surface area (Å²) in [4.78, 5) is 29.1. The highest BCUT2D eigenvalue weighted by molar-refractivity contribution is 7.99. The molecule has 0 spiro atoms. The molecule has 8 nitrogen and oxygen atoms in total. The highest BCUT2D eigenvalue weighted by Crippen LogP contribution is 2.35. The summed E-state index contributed by atoms with van der Waals surface area (Å²) in [6, 6.07) is 12.7. The van der Waals surface area contributed by atoms with Crippen molar-refractivity contribution in [1.82, 2.24) is 14.9 Å². The molecule has 2 amide bonds. The van der Waals surface area contributed by atoms with Crippen molar-refractivity contribution < 1.29 is 19.1 Å². The first-order chi connectivity index (χ1) is 16.1. The minimum Gasteiger partial charge on any atom is -0.486 e. The fraction of sp³-hybridized carbons (Fsp3) is 0.292. The first-order valence-corrected chi connectivity index (χ1v) is 11.8. The number of benzene rings is 2. The van der Waals surface area contributed by atoms with Crippen molar-refractivity contribution in [2.75, 3.05) is 30.8 Å². The number of imidazole rings is 1. The Balaban J connectivity index is 1.42. The Kier molecular flexibility index (Phi) is 7.19. The lowest BCUT2D eigenvalue weighted by molar-refractivity contribution is -0.113. The monoisotopic (exact) mass is 466 g/mol. The number of amides is 2. The van der Waals surface area contributed by atoms with E-state index in [4.69, 9.17) is 9.47 Å². The van der Waals surface area contributed by atoms with Crippen molar-refractivity contribution in [2.45, 2.75) is 25.5 Å². The number of fused-ring (bicyclic) bond motifs is 1. The average Bonchev–Trinajstić information content (AvgIpc) is 3.25. The van der Waals surface area contributed by atoms with E-state index in [-0.39, 0.29) is 17.6 Å². The lowest BCUT2D eigenvalue weighted by Gasteiger charge is -2.19. The number of ether oxygens (including phenoxy) is 2. The maximum Gasteiger partial charge on any atom is 0.251 e. The lowest BCUT2D eigenvalue weighted by atomic mass is 10.1. The van der Waals surface area contributed by atoms with Gasteiger partial charge in [-0.3, -0.25) is 9.59 Å². The van der Waals surface area contributed by atoms with Gasteiger partial charge in [-0.15, -0.1) is 0 Å². The molecule has 2 aromatic carbocycles. The third-order valence-corrected chi connectivity index (χ3v) is 6.04. The number of nitrogens with one attached hydrogen (secondary N) is 2. The van der Waals surface area contributed by atoms with E-state index in [9.17, 15) is 9.59 Å². The highest BCUT2D eigenvalue weighted by atomic mass is 32.2. The molecule has 172 valence electrons. The summed E-state index contributed by atoms with van der Waals surface area (Å²) >= 11 is 1.37. The van der Waals surface area contributed by atoms with Crippen molar-refractivity contribution in [3.63, 3.8) is 0 Å². The molecular formula is C24H26N4O4S. The molecule has 0 saturated heterocycles. The van der Waals surface area contributed by atoms with Gasteiger partial charge in [0, 0.05) is 29.9 Å². The summed E-state index contributed by atoms with van der Waals surface area (Å²) in [7, 11) is 0. The van der Waals surface area contributed by atoms with Gasteiger partial charge in [0.1, 0.15) is 13.2 Å². The van der Waals surface area contributed by atoms with Crippen LogP contribution >= 0.6 is 11.8 Å². The molecule has 0 atom stereocenters. The Morgan fingerprint density at radius 2 is 1.91 bits per heavy atom. The van der Waals surface area contributed by atoms with E-state index in [1.54, 1.807) is 24.3 Å². The van der Waals surface area contributed by atoms with E-state index in [0.717, 1.165) is 27.9 Å². The van der Waals surface area contributed by atoms with Gasteiger partial charge in [-0.2, -0.15) is 0 Å². The smallest absolute Gasteiger partial charge is 0.251 e. The summed E-state index contributed by atoms with van der Waals surface area (Å²) in [5.41, 5.74) is 3.02. The maximum absolute atomic E-state index is 12.5. The average molecular weight is 467 g/mol. The quantitative estimate of drug-likeness (QED) is 0.490. The fourth-order valence-electron chi connectivity index (χ4n) is 3.54. The first kappa shape index (κ1) is 22.7. The molecule has 4 rings (SSSR count). The fourth-order valence-corrected chi connectivity index (χ4v) is 4.38. The lowest BCUT2D eigenvalue weighted by Crippen LogP contribution is -2.23. The Bertz CT molecular complexity index is 1160. The molecule has 2 N–H and O–H groups in total. The molecule has 3 aromatic rings. The maximum atomic E-state index is 12.5. The number of thioether (sulfide) groups is 1. The number of aromatic nitrogens is 2. The molecular weight excluding hydrogens is 440 g/mol. The Morgan fingerprint density at radius 1 is 1.09 bits per heavy atom. The topological polar surface area (TPSA) is 94.5 Å². The molecule has 1 aliphatic rings. The van der Waals surface area contributed by atoms with E-state index >= 15 is 0 Å². The third-order valence-electron chi connectivity index (χ3n) is 5.05. The molecule has 0 fully saturated rings. The molecule has 0 unspecified atom stereocenters. The van der Waals surface area contributed by atoms with Crippen LogP contribution in [0.1, 0.15) is 24.2 Å². The van der Waals surface area contributed by atoms with Crippen molar-refractivity contribution in [2.24, 2.45) is 0 Å². The van der Waals surface area contributed by atoms with E-state index in [0.29, 0.717) is 37.6 Å². The number of anilines is 1. The molecule has 2 heterocycles. The number of carbonyl (C=O) groups is 2. The first-order valence-electron chi connectivity index (χ1n) is 10.9. The summed E-state index contributed by atoms with van der Waals surface area (Å²) < 4.78 is 13.4. The third kappa shape index (κ3) is 5.31. The summed E-state index contributed by atoms with van der Waals surface area (Å²) in [5, 5.41) is 6.36. The van der Waals surface area contributed by atoms with Crippen LogP contribution < -0.4 is 20.1 Å². The van der Waals surface area contributed by atoms with Crippen molar-refractivity contribution in [1.29, 1.82) is 0 Å². The molecule has 0 aliphatic carbocycles. The summed E-state index contributed by atoms with van der Waals surface area (Å²) in [5.74, 6) is 1.34. The Labute approximate surface area is 196 Å². The standard InChI is InChI=1S/C24H26N4O4S/c1-3-25-23(30)17-6-5-7-18(12-17)27-22(29)15-33-24-26-14-19(28(24)4-2)16-8-9-20-21(13-16)32-11-10-31-20/h5-9,12-14H,3-4,10-11,15H2,1-2H3,(H,25,30)(H,27,29). The van der Waals surface area contributed by atoms with Crippen LogP contribution in [-0.4, -0.2) is 46.9 Å². The Hall–Kier alpha value is -3.46. The number of rotatable bonds is 8. The van der Waals surface area contributed by atoms with Crippen molar-refractivity contribution >= 4 is 29.3 Å². The molecule has 33 heavy (non-hydrogen) atoms. The minimum atomic E-state index is -0.167. The predicted molar refractivity (Wildman–Crippen MR) is 128 cm³/mol. The number of carbonyl (C=O) groups excluding carboxylic acids is 2. The van der Waals surface area contributed by atoms with Crippen LogP contribution in [0, 0.1) is 0 Å². The van der Waals surface area contributed by atoms with E-state index in [1.807, 2.05) is 38.2 Å². The van der Waals surface area contributed by atoms with Gasteiger partial charge in [0.15, 0.2) is 16.7 Å². The summed E-state index contributed by atoms with van der Waals surface area (Å²) in [6.07, 6.45) is 1.81. The summed E-state index contributed by atoms with van der Waals surface area (Å²) in [6.45, 7) is 6.25. The second-order valence-corrected chi connectivity index (χ2v) is 8.25. The second-order valence-electron chi connectivity index (χ2n) is 7.31. The molecule has 0 bridgehead atoms. The molecule has 1 aromatic heterocycles. The SMILES string of the molecule is CCNC(=O)c1cccc(NC(=O)CSc2ncc(-c3ccc4c(c3)OCCO4)n2CC)c1. The molecule has 0 saturated carbocycles. The van der Waals surface area contributed by atoms with Crippen LogP contribution in [0.3, 0.4) is 0 Å². The predicted octanol–water partition coefficient (Wildman–Crippen LogP) is 3.82. The highest BCUT2D eigenvalue weighted by Gasteiger charge is 2.17. The van der Waals surface area contributed by atoms with Crippen molar-refractivity contribution in [3.8, 4) is 22.8 Å². The van der Waals surface area contributed by atoms with Gasteiger partial charge in [0.05, 0.1) is 17.6 Å². The normalized spacial score (nSPS) is 12.3. The van der Waals surface area contributed by atoms with Gasteiger partial charge in [-0.25, -0.2) is 4.98 Å². The van der Waals surface area contributed by atoms with Gasteiger partial charge in [0.25, 0.3) is 5.91 Å². The van der Waals surface area contributed by atoms with Crippen LogP contribution in [0.2, 0.25) is 0 Å². The number of hydrogen-bond acceptors (Lipinski definition) is 6. The van der Waals surface area contributed by atoms with Gasteiger partial charge in [-0.1, -0.05) is 17.8 Å². The van der Waals surface area contributed by atoms with Gasteiger partial charge in [-0.05, 0) is 50.2 Å². The van der Waals surface area contributed by atoms with Crippen molar-refractivity contribution in [3.05, 3.63) is 54.2 Å². The van der Waals surface area contributed by atoms with E-state index in [2.05, 4.69) is 20.2 Å². The van der Waals surface area contributed by atoms with E-state index in [1.165, 1.54) is 11.8 Å². The van der Waals surface area contributed by atoms with Gasteiger partial charge in [0.2, 0.25) is 5.91 Å². The van der Waals surface area contributed by atoms with Crippen LogP contribution in [-0.2, 0) is 11.3 Å². The minimum absolute atomic E-state index is 0.167. The van der Waals surface area contributed by atoms with Gasteiger partial charge < -0.3 is 24.7 Å². The van der Waals surface area contributed by atoms with E-state index < -0.39 is 0 Å². The number of nitrogens with zero attached hydrogens (tertiary/aromatic N) is 2. The zero-order chi connectivity index (χ0) is 23.2. The van der Waals surface area contributed by atoms with Crippen LogP contribution in [0.15, 0.2) is 53.8 Å². The Morgan fingerprint density at radius 3 is 2.70 bits per heavy atom. The second kappa shape index (κ2) is 10.4. The zero-order valence-corrected chi connectivity index (χ0v) is 19.4. The van der Waals surface area contributed by atoms with Gasteiger partial charge >= 0.3 is 0 Å². The molecule has 0 radical (unpaired) electrons. The molecule has 9 heteroatoms. The zero-order valence-electron chi connectivity index (χ0n) is 18.6. The van der Waals surface area contributed by atoms with Crippen LogP contribution in [0.4, 0.5) is 5.69 Å². The number of hydrogen-bond donors (Lipinski definition) is 2. The van der Waals surface area contributed by atoms with Crippen LogP contribution in [0.5, 0.6) is 11.5 Å². The molecule has 1 aliphatic heterocycles.